The maximum Gasteiger partial charge on any atom is 0.133 e. The van der Waals surface area contributed by atoms with Crippen molar-refractivity contribution in [3.8, 4) is 11.5 Å². The molecule has 4 rings (SSSR count). The Kier molecular flexibility index (Phi) is 4.82. The van der Waals surface area contributed by atoms with Gasteiger partial charge in [0.05, 0.1) is 19.7 Å². The van der Waals surface area contributed by atoms with E-state index in [0.717, 1.165) is 30.5 Å². The van der Waals surface area contributed by atoms with Gasteiger partial charge in [0, 0.05) is 5.69 Å². The van der Waals surface area contributed by atoms with E-state index in [4.69, 9.17) is 9.47 Å². The smallest absolute Gasteiger partial charge is 0.133 e. The van der Waals surface area contributed by atoms with E-state index in [9.17, 15) is 0 Å². The standard InChI is InChI=1S/C22H27NO2/c1-2-24-20-10-12-21(13-11-20)25-22-15-23(16-22)19-8-6-18(7-9-19)14-17-4-3-5-17/h6-13,17,22H,2-5,14-16H2,1H3. The number of benzene rings is 2. The monoisotopic (exact) mass is 337 g/mol. The quantitative estimate of drug-likeness (QED) is 0.731. The maximum atomic E-state index is 6.04. The highest BCUT2D eigenvalue weighted by molar-refractivity contribution is 5.50. The predicted octanol–water partition coefficient (Wildman–Crippen LogP) is 4.70. The highest BCUT2D eigenvalue weighted by Gasteiger charge is 2.28. The summed E-state index contributed by atoms with van der Waals surface area (Å²) in [7, 11) is 0. The van der Waals surface area contributed by atoms with E-state index in [-0.39, 0.29) is 6.10 Å². The average Bonchev–Trinajstić information content (AvgIpc) is 2.57. The van der Waals surface area contributed by atoms with Gasteiger partial charge in [0.15, 0.2) is 0 Å². The molecule has 3 heteroatoms. The molecule has 25 heavy (non-hydrogen) atoms. The van der Waals surface area contributed by atoms with Gasteiger partial charge in [-0.2, -0.15) is 0 Å². The summed E-state index contributed by atoms with van der Waals surface area (Å²) < 4.78 is 11.5. The van der Waals surface area contributed by atoms with Crippen LogP contribution >= 0.6 is 0 Å². The Hall–Kier alpha value is -2.16. The molecule has 0 amide bonds. The summed E-state index contributed by atoms with van der Waals surface area (Å²) in [5, 5.41) is 0. The van der Waals surface area contributed by atoms with E-state index >= 15 is 0 Å². The fourth-order valence-electron chi connectivity index (χ4n) is 3.57. The molecule has 1 aliphatic carbocycles. The highest BCUT2D eigenvalue weighted by Crippen LogP contribution is 2.31. The Morgan fingerprint density at radius 1 is 0.920 bits per heavy atom. The van der Waals surface area contributed by atoms with Gasteiger partial charge >= 0.3 is 0 Å². The predicted molar refractivity (Wildman–Crippen MR) is 102 cm³/mol. The Bertz CT molecular complexity index is 670. The van der Waals surface area contributed by atoms with Crippen LogP contribution in [0.2, 0.25) is 0 Å². The maximum absolute atomic E-state index is 6.04. The molecule has 0 unspecified atom stereocenters. The van der Waals surface area contributed by atoms with Crippen LogP contribution < -0.4 is 14.4 Å². The highest BCUT2D eigenvalue weighted by atomic mass is 16.5. The molecule has 1 heterocycles. The number of hydrogen-bond donors (Lipinski definition) is 0. The normalized spacial score (nSPS) is 17.7. The molecular weight excluding hydrogens is 310 g/mol. The van der Waals surface area contributed by atoms with Gasteiger partial charge in [-0.1, -0.05) is 31.4 Å². The molecule has 1 saturated carbocycles. The minimum Gasteiger partial charge on any atom is -0.494 e. The Morgan fingerprint density at radius 3 is 2.20 bits per heavy atom. The van der Waals surface area contributed by atoms with Crippen molar-refractivity contribution in [2.24, 2.45) is 5.92 Å². The van der Waals surface area contributed by atoms with Crippen molar-refractivity contribution in [3.63, 3.8) is 0 Å². The third kappa shape index (κ3) is 3.92. The Labute approximate surface area is 150 Å². The van der Waals surface area contributed by atoms with Crippen molar-refractivity contribution in [2.75, 3.05) is 24.6 Å². The van der Waals surface area contributed by atoms with E-state index in [0.29, 0.717) is 6.61 Å². The molecule has 0 atom stereocenters. The van der Waals surface area contributed by atoms with Crippen LogP contribution in [0.5, 0.6) is 11.5 Å². The van der Waals surface area contributed by atoms with E-state index in [1.54, 1.807) is 0 Å². The second-order valence-corrected chi connectivity index (χ2v) is 7.22. The van der Waals surface area contributed by atoms with Gasteiger partial charge in [-0.25, -0.2) is 0 Å². The zero-order valence-electron chi connectivity index (χ0n) is 15.0. The van der Waals surface area contributed by atoms with Crippen LogP contribution in [0, 0.1) is 5.92 Å². The summed E-state index contributed by atoms with van der Waals surface area (Å²) in [5.74, 6) is 2.75. The van der Waals surface area contributed by atoms with Crippen LogP contribution in [0.1, 0.15) is 31.7 Å². The molecular formula is C22H27NO2. The van der Waals surface area contributed by atoms with Crippen LogP contribution in [0.15, 0.2) is 48.5 Å². The minimum atomic E-state index is 0.271. The van der Waals surface area contributed by atoms with Crippen LogP contribution in [0.4, 0.5) is 5.69 Å². The zero-order valence-corrected chi connectivity index (χ0v) is 15.0. The molecule has 2 aliphatic rings. The summed E-state index contributed by atoms with van der Waals surface area (Å²) in [4.78, 5) is 2.38. The average molecular weight is 337 g/mol. The first-order valence-electron chi connectivity index (χ1n) is 9.53. The summed E-state index contributed by atoms with van der Waals surface area (Å²) in [6.45, 7) is 4.59. The van der Waals surface area contributed by atoms with Gasteiger partial charge < -0.3 is 14.4 Å². The lowest BCUT2D eigenvalue weighted by molar-refractivity contribution is 0.167. The molecule has 0 radical (unpaired) electrons. The number of anilines is 1. The number of rotatable bonds is 7. The van der Waals surface area contributed by atoms with E-state index in [1.807, 2.05) is 31.2 Å². The van der Waals surface area contributed by atoms with Crippen LogP contribution in [-0.2, 0) is 6.42 Å². The van der Waals surface area contributed by atoms with Gasteiger partial charge in [0.2, 0.25) is 0 Å². The van der Waals surface area contributed by atoms with Gasteiger partial charge in [0.1, 0.15) is 17.6 Å². The molecule has 1 saturated heterocycles. The van der Waals surface area contributed by atoms with Crippen molar-refractivity contribution in [1.82, 2.24) is 0 Å². The van der Waals surface area contributed by atoms with Crippen molar-refractivity contribution in [2.45, 2.75) is 38.7 Å². The molecule has 2 fully saturated rings. The SMILES string of the molecule is CCOc1ccc(OC2CN(c3ccc(CC4CCC4)cc3)C2)cc1. The Morgan fingerprint density at radius 2 is 1.60 bits per heavy atom. The third-order valence-corrected chi connectivity index (χ3v) is 5.34. The number of hydrogen-bond acceptors (Lipinski definition) is 3. The molecule has 1 aliphatic heterocycles. The van der Waals surface area contributed by atoms with E-state index in [1.165, 1.54) is 36.9 Å². The molecule has 132 valence electrons. The molecule has 0 aromatic heterocycles. The molecule has 0 spiro atoms. The zero-order chi connectivity index (χ0) is 17.1. The van der Waals surface area contributed by atoms with Gasteiger partial charge in [-0.05, 0) is 61.2 Å². The largest absolute Gasteiger partial charge is 0.494 e. The summed E-state index contributed by atoms with van der Waals surface area (Å²) in [6, 6.07) is 17.0. The molecule has 2 aromatic carbocycles. The van der Waals surface area contributed by atoms with Gasteiger partial charge in [-0.15, -0.1) is 0 Å². The summed E-state index contributed by atoms with van der Waals surface area (Å²) >= 11 is 0. The molecule has 2 aromatic rings. The first kappa shape index (κ1) is 16.3. The lowest BCUT2D eigenvalue weighted by atomic mass is 9.81. The fraction of sp³-hybridized carbons (Fsp3) is 0.455. The van der Waals surface area contributed by atoms with Crippen molar-refractivity contribution in [1.29, 1.82) is 0 Å². The molecule has 3 nitrogen and oxygen atoms in total. The first-order chi connectivity index (χ1) is 12.3. The van der Waals surface area contributed by atoms with Gasteiger partial charge in [0.25, 0.3) is 0 Å². The topological polar surface area (TPSA) is 21.7 Å². The number of ether oxygens (including phenoxy) is 2. The van der Waals surface area contributed by atoms with E-state index in [2.05, 4.69) is 29.2 Å². The van der Waals surface area contributed by atoms with Crippen LogP contribution in [0.25, 0.3) is 0 Å². The second kappa shape index (κ2) is 7.38. The lowest BCUT2D eigenvalue weighted by Crippen LogP contribution is -2.54. The minimum absolute atomic E-state index is 0.271. The molecule has 0 N–H and O–H groups in total. The van der Waals surface area contributed by atoms with Gasteiger partial charge in [-0.3, -0.25) is 0 Å². The van der Waals surface area contributed by atoms with Crippen molar-refractivity contribution >= 4 is 5.69 Å². The second-order valence-electron chi connectivity index (χ2n) is 7.22. The number of nitrogens with zero attached hydrogens (tertiary/aromatic N) is 1. The summed E-state index contributed by atoms with van der Waals surface area (Å²) in [6.07, 6.45) is 5.78. The van der Waals surface area contributed by atoms with Crippen LogP contribution in [-0.4, -0.2) is 25.8 Å². The van der Waals surface area contributed by atoms with Crippen molar-refractivity contribution < 1.29 is 9.47 Å². The van der Waals surface area contributed by atoms with Crippen LogP contribution in [0.3, 0.4) is 0 Å². The summed E-state index contributed by atoms with van der Waals surface area (Å²) in [5.41, 5.74) is 2.79. The lowest BCUT2D eigenvalue weighted by Gasteiger charge is -2.40. The molecule has 0 bridgehead atoms. The fourth-order valence-corrected chi connectivity index (χ4v) is 3.57. The van der Waals surface area contributed by atoms with E-state index < -0.39 is 0 Å². The third-order valence-electron chi connectivity index (χ3n) is 5.34. The Balaban J connectivity index is 1.25. The van der Waals surface area contributed by atoms with Crippen molar-refractivity contribution in [3.05, 3.63) is 54.1 Å². The first-order valence-corrected chi connectivity index (χ1v) is 9.53.